The maximum absolute atomic E-state index is 8.72. The molecule has 0 aliphatic heterocycles. The minimum absolute atomic E-state index is 0.297. The lowest BCUT2D eigenvalue weighted by Gasteiger charge is -2.13. The molecule has 0 aromatic heterocycles. The number of methoxy groups -OCH3 is 2. The molecule has 1 aromatic rings. The Bertz CT molecular complexity index is 314. The van der Waals surface area contributed by atoms with Gasteiger partial charge in [0.15, 0.2) is 0 Å². The molecule has 15 heavy (non-hydrogen) atoms. The van der Waals surface area contributed by atoms with E-state index in [1.807, 2.05) is 6.92 Å². The van der Waals surface area contributed by atoms with Crippen molar-refractivity contribution in [1.29, 1.82) is 0 Å². The third kappa shape index (κ3) is 2.96. The van der Waals surface area contributed by atoms with Gasteiger partial charge in [-0.3, -0.25) is 0 Å². The van der Waals surface area contributed by atoms with Crippen molar-refractivity contribution in [2.45, 2.75) is 6.92 Å². The summed E-state index contributed by atoms with van der Waals surface area (Å²) in [6.45, 7) is 1.84. The maximum atomic E-state index is 8.72. The Balaban J connectivity index is 3.09. The Labute approximate surface area is 89.2 Å². The van der Waals surface area contributed by atoms with Crippen LogP contribution in [-0.4, -0.2) is 24.0 Å². The van der Waals surface area contributed by atoms with Gasteiger partial charge in [0.1, 0.15) is 17.2 Å². The normalized spacial score (nSPS) is 10.3. The first kappa shape index (κ1) is 12.0. The highest BCUT2D eigenvalue weighted by Gasteiger charge is 2.11. The summed E-state index contributed by atoms with van der Waals surface area (Å²) in [5, 5.41) is 0. The molecule has 0 bridgehead atoms. The Kier molecular flexibility index (Phi) is 4.15. The highest BCUT2D eigenvalue weighted by Crippen LogP contribution is 2.37. The lowest BCUT2D eigenvalue weighted by atomic mass is 10.2. The molecule has 0 heterocycles. The third-order valence-corrected chi connectivity index (χ3v) is 2.29. The summed E-state index contributed by atoms with van der Waals surface area (Å²) < 4.78 is 15.0. The molecule has 84 valence electrons. The van der Waals surface area contributed by atoms with Crippen LogP contribution in [0.25, 0.3) is 0 Å². The zero-order chi connectivity index (χ0) is 11.4. The first-order valence-corrected chi connectivity index (χ1v) is 5.33. The topological polar surface area (TPSA) is 68.2 Å². The minimum Gasteiger partial charge on any atom is -0.496 e. The summed E-state index contributed by atoms with van der Waals surface area (Å²) >= 11 is 0. The molecule has 1 rings (SSSR count). The average Bonchev–Trinajstić information content (AvgIpc) is 2.19. The van der Waals surface area contributed by atoms with E-state index in [1.165, 1.54) is 14.2 Å². The molecule has 0 unspecified atom stereocenters. The summed E-state index contributed by atoms with van der Waals surface area (Å²) in [4.78, 5) is 17.4. The zero-order valence-electron chi connectivity index (χ0n) is 8.72. The first-order chi connectivity index (χ1) is 7.08. The molecule has 0 aliphatic carbocycles. The van der Waals surface area contributed by atoms with E-state index in [2.05, 4.69) is 0 Å². The van der Waals surface area contributed by atoms with E-state index in [9.17, 15) is 0 Å². The summed E-state index contributed by atoms with van der Waals surface area (Å²) in [6, 6.07) is 3.14. The van der Waals surface area contributed by atoms with Crippen LogP contribution in [0.15, 0.2) is 12.1 Å². The molecule has 0 amide bonds. The van der Waals surface area contributed by atoms with Crippen molar-refractivity contribution in [1.82, 2.24) is 0 Å². The molecular weight excluding hydrogens is 219 g/mol. The minimum atomic E-state index is -2.43. The lowest BCUT2D eigenvalue weighted by molar-refractivity contribution is 0.364. The number of benzene rings is 1. The van der Waals surface area contributed by atoms with Crippen LogP contribution in [0.5, 0.6) is 17.2 Å². The quantitative estimate of drug-likeness (QED) is 0.772. The molecule has 0 radical (unpaired) electrons. The fraction of sp³-hybridized carbons (Fsp3) is 0.333. The van der Waals surface area contributed by atoms with Crippen LogP contribution in [0.4, 0.5) is 0 Å². The molecule has 0 saturated heterocycles. The molecule has 6 heteroatoms. The Hall–Kier alpha value is -1.03. The second kappa shape index (κ2) is 5.16. The van der Waals surface area contributed by atoms with E-state index in [0.29, 0.717) is 17.2 Å². The van der Waals surface area contributed by atoms with Crippen LogP contribution in [0.2, 0.25) is 0 Å². The van der Waals surface area contributed by atoms with Gasteiger partial charge in [0.25, 0.3) is 0 Å². The molecule has 0 spiro atoms. The van der Waals surface area contributed by atoms with E-state index < -0.39 is 8.60 Å². The average molecular weight is 232 g/mol. The van der Waals surface area contributed by atoms with Gasteiger partial charge in [-0.2, -0.15) is 0 Å². The van der Waals surface area contributed by atoms with Gasteiger partial charge < -0.3 is 23.8 Å². The second-order valence-corrected chi connectivity index (χ2v) is 3.48. The molecule has 1 aromatic carbocycles. The van der Waals surface area contributed by atoms with Crippen LogP contribution in [0, 0.1) is 6.92 Å². The molecule has 0 atom stereocenters. The van der Waals surface area contributed by atoms with Crippen molar-refractivity contribution in [2.24, 2.45) is 0 Å². The molecule has 0 fully saturated rings. The zero-order valence-corrected chi connectivity index (χ0v) is 9.62. The predicted octanol–water partition coefficient (Wildman–Crippen LogP) is 1.60. The maximum Gasteiger partial charge on any atom is 0.391 e. The van der Waals surface area contributed by atoms with Crippen LogP contribution < -0.4 is 14.0 Å². The van der Waals surface area contributed by atoms with Crippen LogP contribution in [0.1, 0.15) is 5.56 Å². The molecule has 0 saturated carbocycles. The molecular formula is C9H13O5P. The fourth-order valence-corrected chi connectivity index (χ4v) is 1.50. The smallest absolute Gasteiger partial charge is 0.391 e. The van der Waals surface area contributed by atoms with Gasteiger partial charge in [-0.15, -0.1) is 0 Å². The van der Waals surface area contributed by atoms with Crippen LogP contribution >= 0.6 is 8.60 Å². The summed E-state index contributed by atoms with van der Waals surface area (Å²) in [5.74, 6) is 1.44. The van der Waals surface area contributed by atoms with E-state index in [-0.39, 0.29) is 0 Å². The van der Waals surface area contributed by atoms with Crippen molar-refractivity contribution in [3.8, 4) is 17.2 Å². The van der Waals surface area contributed by atoms with E-state index in [4.69, 9.17) is 23.8 Å². The van der Waals surface area contributed by atoms with Gasteiger partial charge in [0, 0.05) is 17.7 Å². The summed E-state index contributed by atoms with van der Waals surface area (Å²) in [5.41, 5.74) is 0.826. The van der Waals surface area contributed by atoms with E-state index in [1.54, 1.807) is 12.1 Å². The van der Waals surface area contributed by atoms with Gasteiger partial charge in [-0.1, -0.05) is 0 Å². The van der Waals surface area contributed by atoms with Gasteiger partial charge in [-0.05, 0) is 6.92 Å². The third-order valence-electron chi connectivity index (χ3n) is 1.91. The van der Waals surface area contributed by atoms with Gasteiger partial charge >= 0.3 is 8.60 Å². The van der Waals surface area contributed by atoms with Gasteiger partial charge in [0.2, 0.25) is 0 Å². The van der Waals surface area contributed by atoms with E-state index >= 15 is 0 Å². The Morgan fingerprint density at radius 2 is 1.53 bits per heavy atom. The SMILES string of the molecule is COc1cc(OP(O)O)cc(OC)c1C. The fourth-order valence-electron chi connectivity index (χ4n) is 1.21. The van der Waals surface area contributed by atoms with Crippen molar-refractivity contribution >= 4 is 8.60 Å². The number of rotatable bonds is 4. The summed E-state index contributed by atoms with van der Waals surface area (Å²) in [7, 11) is 0.608. The standard InChI is InChI=1S/C9H13O5P/c1-6-8(12-2)4-7(14-15(10)11)5-9(6)13-3/h4-5,10-11H,1-3H3. The predicted molar refractivity (Wildman–Crippen MR) is 56.3 cm³/mol. The molecule has 2 N–H and O–H groups in total. The van der Waals surface area contributed by atoms with Gasteiger partial charge in [-0.25, -0.2) is 0 Å². The lowest BCUT2D eigenvalue weighted by Crippen LogP contribution is -1.94. The Morgan fingerprint density at radius 1 is 1.07 bits per heavy atom. The number of hydrogen-bond acceptors (Lipinski definition) is 5. The van der Waals surface area contributed by atoms with Crippen molar-refractivity contribution in [2.75, 3.05) is 14.2 Å². The van der Waals surface area contributed by atoms with Crippen molar-refractivity contribution in [3.05, 3.63) is 17.7 Å². The van der Waals surface area contributed by atoms with Crippen LogP contribution in [0.3, 0.4) is 0 Å². The van der Waals surface area contributed by atoms with Gasteiger partial charge in [0.05, 0.1) is 14.2 Å². The first-order valence-electron chi connectivity index (χ1n) is 4.17. The monoisotopic (exact) mass is 232 g/mol. The second-order valence-electron chi connectivity index (χ2n) is 2.80. The Morgan fingerprint density at radius 3 is 1.87 bits per heavy atom. The number of ether oxygens (including phenoxy) is 2. The van der Waals surface area contributed by atoms with Crippen molar-refractivity contribution in [3.63, 3.8) is 0 Å². The van der Waals surface area contributed by atoms with Crippen molar-refractivity contribution < 1.29 is 23.8 Å². The highest BCUT2D eigenvalue weighted by molar-refractivity contribution is 7.39. The van der Waals surface area contributed by atoms with E-state index in [0.717, 1.165) is 5.56 Å². The summed E-state index contributed by atoms with van der Waals surface area (Å²) in [6.07, 6.45) is 0. The molecule has 5 nitrogen and oxygen atoms in total. The van der Waals surface area contributed by atoms with Crippen LogP contribution in [-0.2, 0) is 0 Å². The number of hydrogen-bond donors (Lipinski definition) is 2. The molecule has 0 aliphatic rings. The highest BCUT2D eigenvalue weighted by atomic mass is 31.2. The largest absolute Gasteiger partial charge is 0.496 e.